The van der Waals surface area contributed by atoms with Crippen molar-refractivity contribution in [1.29, 1.82) is 0 Å². The zero-order valence-corrected chi connectivity index (χ0v) is 12.5. The minimum atomic E-state index is 0.210. The molecule has 0 bridgehead atoms. The number of aryl methyl sites for hydroxylation is 1. The summed E-state index contributed by atoms with van der Waals surface area (Å²) in [5, 5.41) is 7.76. The average molecular weight is 301 g/mol. The van der Waals surface area contributed by atoms with E-state index in [1.165, 1.54) is 0 Å². The number of nitrogens with zero attached hydrogens (tertiary/aromatic N) is 1. The van der Waals surface area contributed by atoms with Crippen LogP contribution in [0.3, 0.4) is 0 Å². The van der Waals surface area contributed by atoms with Gasteiger partial charge >= 0.3 is 0 Å². The normalized spacial score (nSPS) is 12.7. The Balaban J connectivity index is 1.99. The molecule has 1 heterocycles. The van der Waals surface area contributed by atoms with E-state index in [0.717, 1.165) is 22.8 Å². The molecule has 1 N–H and O–H groups in total. The predicted molar refractivity (Wildman–Crippen MR) is 78.6 cm³/mol. The fourth-order valence-corrected chi connectivity index (χ4v) is 2.57. The zero-order valence-electron chi connectivity index (χ0n) is 10.2. The van der Waals surface area contributed by atoms with Crippen molar-refractivity contribution in [3.05, 3.63) is 49.9 Å². The highest BCUT2D eigenvalue weighted by atomic mass is 35.5. The van der Waals surface area contributed by atoms with Gasteiger partial charge in [-0.1, -0.05) is 29.3 Å². The van der Waals surface area contributed by atoms with Crippen molar-refractivity contribution in [2.24, 2.45) is 0 Å². The van der Waals surface area contributed by atoms with Gasteiger partial charge in [0.25, 0.3) is 0 Å². The molecule has 0 fully saturated rings. The molecule has 1 atom stereocenters. The average Bonchev–Trinajstić information content (AvgIpc) is 2.75. The Kier molecular flexibility index (Phi) is 4.62. The molecule has 0 saturated carbocycles. The fraction of sp³-hybridized carbons (Fsp3) is 0.308. The molecule has 0 saturated heterocycles. The molecule has 0 aliphatic heterocycles. The summed E-state index contributed by atoms with van der Waals surface area (Å²) in [7, 11) is 0. The molecule has 0 radical (unpaired) electrons. The summed E-state index contributed by atoms with van der Waals surface area (Å²) < 4.78 is 0. The second-order valence-corrected chi connectivity index (χ2v) is 6.01. The second kappa shape index (κ2) is 6.02. The van der Waals surface area contributed by atoms with Crippen molar-refractivity contribution >= 4 is 34.5 Å². The van der Waals surface area contributed by atoms with Gasteiger partial charge in [0.2, 0.25) is 0 Å². The monoisotopic (exact) mass is 300 g/mol. The van der Waals surface area contributed by atoms with Gasteiger partial charge < -0.3 is 5.32 Å². The topological polar surface area (TPSA) is 24.9 Å². The lowest BCUT2D eigenvalue weighted by Gasteiger charge is -2.14. The summed E-state index contributed by atoms with van der Waals surface area (Å²) in [5.74, 6) is 0. The van der Waals surface area contributed by atoms with Gasteiger partial charge in [-0.15, -0.1) is 11.3 Å². The molecule has 0 aliphatic carbocycles. The standard InChI is InChI=1S/C13H14Cl2N2S/c1-8(10-3-4-12(14)13(15)5-10)16-6-11-7-18-9(2)17-11/h3-5,7-8,16H,6H2,1-2H3. The minimum Gasteiger partial charge on any atom is -0.305 e. The highest BCUT2D eigenvalue weighted by Gasteiger charge is 2.08. The van der Waals surface area contributed by atoms with Crippen LogP contribution in [0.15, 0.2) is 23.6 Å². The second-order valence-electron chi connectivity index (χ2n) is 4.13. The molecule has 0 spiro atoms. The molecule has 1 unspecified atom stereocenters. The molecule has 2 nitrogen and oxygen atoms in total. The first kappa shape index (κ1) is 13.8. The van der Waals surface area contributed by atoms with E-state index in [1.807, 2.05) is 25.1 Å². The Morgan fingerprint density at radius 2 is 2.11 bits per heavy atom. The van der Waals surface area contributed by atoms with E-state index in [2.05, 4.69) is 22.6 Å². The van der Waals surface area contributed by atoms with E-state index >= 15 is 0 Å². The maximum atomic E-state index is 6.01. The highest BCUT2D eigenvalue weighted by molar-refractivity contribution is 7.09. The Hall–Kier alpha value is -0.610. The first-order valence-electron chi connectivity index (χ1n) is 5.65. The van der Waals surface area contributed by atoms with Crippen LogP contribution in [0.25, 0.3) is 0 Å². The van der Waals surface area contributed by atoms with E-state index in [1.54, 1.807) is 11.3 Å². The van der Waals surface area contributed by atoms with Gasteiger partial charge in [0.1, 0.15) is 0 Å². The molecular formula is C13H14Cl2N2S. The SMILES string of the molecule is Cc1nc(CNC(C)c2ccc(Cl)c(Cl)c2)cs1. The van der Waals surface area contributed by atoms with E-state index in [4.69, 9.17) is 23.2 Å². The third kappa shape index (κ3) is 3.45. The molecule has 0 amide bonds. The Morgan fingerprint density at radius 3 is 2.72 bits per heavy atom. The molecule has 1 aromatic heterocycles. The van der Waals surface area contributed by atoms with E-state index < -0.39 is 0 Å². The van der Waals surface area contributed by atoms with Gasteiger partial charge in [-0.05, 0) is 31.5 Å². The van der Waals surface area contributed by atoms with Gasteiger partial charge in [0, 0.05) is 18.0 Å². The van der Waals surface area contributed by atoms with Crippen molar-refractivity contribution in [3.63, 3.8) is 0 Å². The quantitative estimate of drug-likeness (QED) is 0.892. The number of rotatable bonds is 4. The van der Waals surface area contributed by atoms with Crippen LogP contribution >= 0.6 is 34.5 Å². The van der Waals surface area contributed by atoms with Crippen molar-refractivity contribution in [2.45, 2.75) is 26.4 Å². The van der Waals surface area contributed by atoms with Crippen LogP contribution in [0, 0.1) is 6.92 Å². The summed E-state index contributed by atoms with van der Waals surface area (Å²) in [6, 6.07) is 5.91. The third-order valence-electron chi connectivity index (χ3n) is 2.70. The lowest BCUT2D eigenvalue weighted by Crippen LogP contribution is -2.18. The van der Waals surface area contributed by atoms with Gasteiger partial charge in [-0.3, -0.25) is 0 Å². The molecule has 0 aliphatic rings. The van der Waals surface area contributed by atoms with Gasteiger partial charge in [0.05, 0.1) is 20.7 Å². The van der Waals surface area contributed by atoms with Crippen molar-refractivity contribution in [2.75, 3.05) is 0 Å². The first-order chi connectivity index (χ1) is 8.56. The molecule has 2 aromatic rings. The highest BCUT2D eigenvalue weighted by Crippen LogP contribution is 2.25. The lowest BCUT2D eigenvalue weighted by atomic mass is 10.1. The summed E-state index contributed by atoms with van der Waals surface area (Å²) in [5.41, 5.74) is 2.20. The van der Waals surface area contributed by atoms with Gasteiger partial charge in [-0.25, -0.2) is 4.98 Å². The fourth-order valence-electron chi connectivity index (χ4n) is 1.65. The number of thiazole rings is 1. The van der Waals surface area contributed by atoms with Gasteiger partial charge in [0.15, 0.2) is 0 Å². The largest absolute Gasteiger partial charge is 0.305 e. The summed E-state index contributed by atoms with van der Waals surface area (Å²) in [4.78, 5) is 4.42. The molecule has 2 rings (SSSR count). The number of nitrogens with one attached hydrogen (secondary N) is 1. The van der Waals surface area contributed by atoms with Crippen LogP contribution in [0.2, 0.25) is 10.0 Å². The maximum Gasteiger partial charge on any atom is 0.0897 e. The lowest BCUT2D eigenvalue weighted by molar-refractivity contribution is 0.569. The Labute approximate surface area is 121 Å². The van der Waals surface area contributed by atoms with Gasteiger partial charge in [-0.2, -0.15) is 0 Å². The van der Waals surface area contributed by atoms with Crippen molar-refractivity contribution < 1.29 is 0 Å². The minimum absolute atomic E-state index is 0.210. The Morgan fingerprint density at radius 1 is 1.33 bits per heavy atom. The van der Waals surface area contributed by atoms with Crippen LogP contribution in [0.4, 0.5) is 0 Å². The van der Waals surface area contributed by atoms with E-state index in [9.17, 15) is 0 Å². The number of hydrogen-bond donors (Lipinski definition) is 1. The third-order valence-corrected chi connectivity index (χ3v) is 4.26. The predicted octanol–water partition coefficient (Wildman–Crippen LogP) is 4.61. The number of halogens is 2. The van der Waals surface area contributed by atoms with E-state index in [-0.39, 0.29) is 6.04 Å². The number of hydrogen-bond acceptors (Lipinski definition) is 3. The van der Waals surface area contributed by atoms with Crippen LogP contribution in [0.1, 0.15) is 29.2 Å². The Bertz CT molecular complexity index is 540. The molecule has 5 heteroatoms. The first-order valence-corrected chi connectivity index (χ1v) is 7.29. The van der Waals surface area contributed by atoms with Crippen molar-refractivity contribution in [1.82, 2.24) is 10.3 Å². The molecule has 1 aromatic carbocycles. The van der Waals surface area contributed by atoms with Crippen LogP contribution < -0.4 is 5.32 Å². The van der Waals surface area contributed by atoms with Crippen LogP contribution in [0.5, 0.6) is 0 Å². The smallest absolute Gasteiger partial charge is 0.0897 e. The number of aromatic nitrogens is 1. The summed E-state index contributed by atoms with van der Waals surface area (Å²) in [6.45, 7) is 4.86. The molecule has 18 heavy (non-hydrogen) atoms. The number of benzene rings is 1. The maximum absolute atomic E-state index is 6.01. The molecule has 96 valence electrons. The molecular weight excluding hydrogens is 287 g/mol. The summed E-state index contributed by atoms with van der Waals surface area (Å²) in [6.07, 6.45) is 0. The van der Waals surface area contributed by atoms with Crippen molar-refractivity contribution in [3.8, 4) is 0 Å². The van der Waals surface area contributed by atoms with Crippen LogP contribution in [-0.2, 0) is 6.54 Å². The zero-order chi connectivity index (χ0) is 13.1. The van der Waals surface area contributed by atoms with Crippen LogP contribution in [-0.4, -0.2) is 4.98 Å². The van der Waals surface area contributed by atoms with E-state index in [0.29, 0.717) is 10.0 Å². The summed E-state index contributed by atoms with van der Waals surface area (Å²) >= 11 is 13.6.